The number of nitrogens with zero attached hydrogens (tertiary/aromatic N) is 1. The van der Waals surface area contributed by atoms with Crippen molar-refractivity contribution in [2.45, 2.75) is 25.4 Å². The van der Waals surface area contributed by atoms with Gasteiger partial charge in [0, 0.05) is 12.8 Å². The summed E-state index contributed by atoms with van der Waals surface area (Å²) in [5.41, 5.74) is 6.75. The van der Waals surface area contributed by atoms with E-state index in [4.69, 9.17) is 10.5 Å². The van der Waals surface area contributed by atoms with Gasteiger partial charge in [0.2, 0.25) is 5.91 Å². The van der Waals surface area contributed by atoms with E-state index in [0.717, 1.165) is 19.4 Å². The van der Waals surface area contributed by atoms with Gasteiger partial charge in [-0.3, -0.25) is 9.78 Å². The van der Waals surface area contributed by atoms with E-state index in [1.165, 1.54) is 6.20 Å². The lowest BCUT2D eigenvalue weighted by molar-refractivity contribution is -0.118. The van der Waals surface area contributed by atoms with Crippen LogP contribution in [0.4, 0.5) is 11.4 Å². The van der Waals surface area contributed by atoms with Gasteiger partial charge in [0.25, 0.3) is 0 Å². The molecule has 5 heteroatoms. The van der Waals surface area contributed by atoms with Crippen LogP contribution in [0.5, 0.6) is 0 Å². The summed E-state index contributed by atoms with van der Waals surface area (Å²) in [6, 6.07) is 1.68. The highest BCUT2D eigenvalue weighted by molar-refractivity contribution is 5.93. The average molecular weight is 221 g/mol. The van der Waals surface area contributed by atoms with Crippen LogP contribution in [-0.2, 0) is 9.53 Å². The number of aromatic nitrogens is 1. The molecule has 1 aromatic rings. The number of hydrogen-bond donors (Lipinski definition) is 2. The SMILES string of the molecule is Nc1cnccc1NC(=O)CC1CCCO1. The summed E-state index contributed by atoms with van der Waals surface area (Å²) in [7, 11) is 0. The molecule has 0 spiro atoms. The summed E-state index contributed by atoms with van der Waals surface area (Å²) in [5.74, 6) is -0.0650. The molecule has 1 amide bonds. The number of pyridine rings is 1. The maximum absolute atomic E-state index is 11.7. The van der Waals surface area contributed by atoms with E-state index >= 15 is 0 Å². The van der Waals surface area contributed by atoms with Crippen LogP contribution in [0, 0.1) is 0 Å². The number of carbonyl (C=O) groups excluding carboxylic acids is 1. The number of carbonyl (C=O) groups is 1. The second-order valence-electron chi connectivity index (χ2n) is 3.85. The second kappa shape index (κ2) is 4.94. The van der Waals surface area contributed by atoms with Crippen molar-refractivity contribution in [2.75, 3.05) is 17.7 Å². The quantitative estimate of drug-likeness (QED) is 0.803. The number of amides is 1. The minimum atomic E-state index is -0.0650. The third kappa shape index (κ3) is 2.70. The van der Waals surface area contributed by atoms with Gasteiger partial charge in [-0.2, -0.15) is 0 Å². The predicted octanol–water partition coefficient (Wildman–Crippen LogP) is 1.17. The number of hydrogen-bond acceptors (Lipinski definition) is 4. The fraction of sp³-hybridized carbons (Fsp3) is 0.455. The van der Waals surface area contributed by atoms with Crippen LogP contribution in [0.3, 0.4) is 0 Å². The van der Waals surface area contributed by atoms with E-state index in [0.29, 0.717) is 17.8 Å². The van der Waals surface area contributed by atoms with E-state index in [9.17, 15) is 4.79 Å². The monoisotopic (exact) mass is 221 g/mol. The molecule has 1 unspecified atom stereocenters. The standard InChI is InChI=1S/C11H15N3O2/c12-9-7-13-4-3-10(9)14-11(15)6-8-2-1-5-16-8/h3-4,7-8H,1-2,5-6,12H2,(H,13,14,15). The Balaban J connectivity index is 1.89. The predicted molar refractivity (Wildman–Crippen MR) is 60.9 cm³/mol. The molecule has 5 nitrogen and oxygen atoms in total. The van der Waals surface area contributed by atoms with Crippen molar-refractivity contribution in [1.82, 2.24) is 4.98 Å². The second-order valence-corrected chi connectivity index (χ2v) is 3.85. The summed E-state index contributed by atoms with van der Waals surface area (Å²) >= 11 is 0. The molecule has 2 heterocycles. The summed E-state index contributed by atoms with van der Waals surface area (Å²) < 4.78 is 5.39. The van der Waals surface area contributed by atoms with Crippen LogP contribution >= 0.6 is 0 Å². The Morgan fingerprint density at radius 3 is 3.25 bits per heavy atom. The average Bonchev–Trinajstić information content (AvgIpc) is 2.74. The Hall–Kier alpha value is -1.62. The van der Waals surface area contributed by atoms with Crippen molar-refractivity contribution in [3.63, 3.8) is 0 Å². The molecule has 1 aromatic heterocycles. The van der Waals surface area contributed by atoms with E-state index in [1.807, 2.05) is 0 Å². The van der Waals surface area contributed by atoms with Crippen molar-refractivity contribution in [3.05, 3.63) is 18.5 Å². The molecule has 0 aliphatic carbocycles. The summed E-state index contributed by atoms with van der Waals surface area (Å²) in [6.07, 6.45) is 5.55. The maximum Gasteiger partial charge on any atom is 0.227 e. The molecule has 2 rings (SSSR count). The van der Waals surface area contributed by atoms with Crippen LogP contribution in [0.25, 0.3) is 0 Å². The van der Waals surface area contributed by atoms with Crippen molar-refractivity contribution >= 4 is 17.3 Å². The first-order valence-electron chi connectivity index (χ1n) is 5.36. The third-order valence-corrected chi connectivity index (χ3v) is 2.56. The molecule has 3 N–H and O–H groups in total. The minimum Gasteiger partial charge on any atom is -0.396 e. The summed E-state index contributed by atoms with van der Waals surface area (Å²) in [4.78, 5) is 15.5. The Bertz CT molecular complexity index is 375. The van der Waals surface area contributed by atoms with E-state index in [2.05, 4.69) is 10.3 Å². The first-order valence-corrected chi connectivity index (χ1v) is 5.36. The van der Waals surface area contributed by atoms with Crippen LogP contribution in [0.1, 0.15) is 19.3 Å². The molecule has 1 aliphatic heterocycles. The molecule has 0 bridgehead atoms. The maximum atomic E-state index is 11.7. The number of rotatable bonds is 3. The van der Waals surface area contributed by atoms with Crippen molar-refractivity contribution in [3.8, 4) is 0 Å². The van der Waals surface area contributed by atoms with E-state index in [-0.39, 0.29) is 12.0 Å². The van der Waals surface area contributed by atoms with Crippen LogP contribution in [-0.4, -0.2) is 23.6 Å². The number of ether oxygens (including phenoxy) is 1. The molecular formula is C11H15N3O2. The molecule has 16 heavy (non-hydrogen) atoms. The molecule has 1 atom stereocenters. The van der Waals surface area contributed by atoms with Gasteiger partial charge < -0.3 is 15.8 Å². The van der Waals surface area contributed by atoms with Crippen LogP contribution in [0.2, 0.25) is 0 Å². The van der Waals surface area contributed by atoms with Gasteiger partial charge in [-0.1, -0.05) is 0 Å². The first kappa shape index (κ1) is 10.9. The number of anilines is 2. The number of nitrogens with two attached hydrogens (primary N) is 1. The minimum absolute atomic E-state index is 0.0584. The Morgan fingerprint density at radius 1 is 1.69 bits per heavy atom. The molecular weight excluding hydrogens is 206 g/mol. The van der Waals surface area contributed by atoms with E-state index in [1.54, 1.807) is 12.3 Å². The lowest BCUT2D eigenvalue weighted by atomic mass is 10.2. The van der Waals surface area contributed by atoms with Gasteiger partial charge in [0.1, 0.15) is 0 Å². The molecule has 0 radical (unpaired) electrons. The van der Waals surface area contributed by atoms with Crippen LogP contribution < -0.4 is 11.1 Å². The Labute approximate surface area is 94.0 Å². The van der Waals surface area contributed by atoms with Gasteiger partial charge in [-0.15, -0.1) is 0 Å². The highest BCUT2D eigenvalue weighted by atomic mass is 16.5. The third-order valence-electron chi connectivity index (χ3n) is 2.56. The van der Waals surface area contributed by atoms with Gasteiger partial charge in [-0.05, 0) is 18.9 Å². The van der Waals surface area contributed by atoms with Gasteiger partial charge in [0.15, 0.2) is 0 Å². The zero-order valence-electron chi connectivity index (χ0n) is 8.98. The molecule has 1 saturated heterocycles. The van der Waals surface area contributed by atoms with Crippen molar-refractivity contribution in [2.24, 2.45) is 0 Å². The molecule has 1 aliphatic rings. The normalized spacial score (nSPS) is 19.6. The lowest BCUT2D eigenvalue weighted by Crippen LogP contribution is -2.19. The summed E-state index contributed by atoms with van der Waals surface area (Å²) in [5, 5.41) is 2.75. The van der Waals surface area contributed by atoms with E-state index < -0.39 is 0 Å². The largest absolute Gasteiger partial charge is 0.396 e. The smallest absolute Gasteiger partial charge is 0.227 e. The van der Waals surface area contributed by atoms with Crippen molar-refractivity contribution < 1.29 is 9.53 Å². The number of nitrogen functional groups attached to an aromatic ring is 1. The summed E-state index contributed by atoms with van der Waals surface area (Å²) in [6.45, 7) is 0.759. The molecule has 0 aromatic carbocycles. The fourth-order valence-corrected chi connectivity index (χ4v) is 1.73. The lowest BCUT2D eigenvalue weighted by Gasteiger charge is -2.10. The molecule has 86 valence electrons. The molecule has 0 saturated carbocycles. The number of nitrogens with one attached hydrogen (secondary N) is 1. The topological polar surface area (TPSA) is 77.2 Å². The van der Waals surface area contributed by atoms with Crippen LogP contribution in [0.15, 0.2) is 18.5 Å². The van der Waals surface area contributed by atoms with Gasteiger partial charge in [-0.25, -0.2) is 0 Å². The van der Waals surface area contributed by atoms with Gasteiger partial charge >= 0.3 is 0 Å². The zero-order valence-corrected chi connectivity index (χ0v) is 8.98. The fourth-order valence-electron chi connectivity index (χ4n) is 1.73. The Morgan fingerprint density at radius 2 is 2.56 bits per heavy atom. The highest BCUT2D eigenvalue weighted by Gasteiger charge is 2.19. The highest BCUT2D eigenvalue weighted by Crippen LogP contribution is 2.18. The van der Waals surface area contributed by atoms with Gasteiger partial charge in [0.05, 0.1) is 30.1 Å². The molecule has 1 fully saturated rings. The van der Waals surface area contributed by atoms with Crippen molar-refractivity contribution in [1.29, 1.82) is 0 Å². The Kier molecular flexibility index (Phi) is 3.36. The zero-order chi connectivity index (χ0) is 11.4. The first-order chi connectivity index (χ1) is 7.75.